The third-order valence-corrected chi connectivity index (χ3v) is 6.74. The highest BCUT2D eigenvalue weighted by molar-refractivity contribution is 8.13. The van der Waals surface area contributed by atoms with Crippen LogP contribution in [0.5, 0.6) is 0 Å². The van der Waals surface area contributed by atoms with Crippen LogP contribution in [-0.2, 0) is 10.3 Å². The molecule has 0 bridgehead atoms. The van der Waals surface area contributed by atoms with Gasteiger partial charge in [-0.05, 0) is 36.4 Å². The van der Waals surface area contributed by atoms with Crippen LogP contribution in [0.3, 0.4) is 0 Å². The van der Waals surface area contributed by atoms with E-state index in [1.807, 2.05) is 0 Å². The Morgan fingerprint density at radius 1 is 1.06 bits per heavy atom. The van der Waals surface area contributed by atoms with E-state index in [0.717, 1.165) is 12.3 Å². The smallest absolute Gasteiger partial charge is 0.257 e. The quantitative estimate of drug-likeness (QED) is 0.577. The highest BCUT2D eigenvalue weighted by atomic mass is 32.2. The first-order valence-corrected chi connectivity index (χ1v) is 11.4. The summed E-state index contributed by atoms with van der Waals surface area (Å²) in [5, 5.41) is 3.10. The number of amides is 1. The van der Waals surface area contributed by atoms with Crippen LogP contribution in [0.2, 0.25) is 0 Å². The Morgan fingerprint density at radius 2 is 1.85 bits per heavy atom. The minimum atomic E-state index is -1.23. The summed E-state index contributed by atoms with van der Waals surface area (Å²) in [6.07, 6.45) is 2.87. The van der Waals surface area contributed by atoms with Gasteiger partial charge in [0.1, 0.15) is 41.1 Å². The summed E-state index contributed by atoms with van der Waals surface area (Å²) in [6.45, 7) is -0.0730. The molecule has 0 unspecified atom stereocenters. The van der Waals surface area contributed by atoms with Crippen LogP contribution >= 0.6 is 11.8 Å². The largest absolute Gasteiger partial charge is 0.489 e. The molecule has 0 radical (unpaired) electrons. The minimum absolute atomic E-state index is 0.0730. The number of fused-ring (bicyclic) bond motifs is 1. The molecule has 3 heterocycles. The van der Waals surface area contributed by atoms with Gasteiger partial charge in [-0.15, -0.1) is 0 Å². The zero-order valence-corrected chi connectivity index (χ0v) is 18.5. The van der Waals surface area contributed by atoms with E-state index in [1.54, 1.807) is 36.4 Å². The normalized spacial score (nSPS) is 21.6. The van der Waals surface area contributed by atoms with Gasteiger partial charge in [-0.2, -0.15) is 0 Å². The van der Waals surface area contributed by atoms with E-state index in [1.165, 1.54) is 36.0 Å². The molecule has 9 heteroatoms. The fourth-order valence-corrected chi connectivity index (χ4v) is 5.13. The maximum atomic E-state index is 15.0. The number of carbonyl (C=O) groups is 1. The van der Waals surface area contributed by atoms with Crippen LogP contribution in [0, 0.1) is 23.4 Å². The molecule has 2 aliphatic rings. The molecule has 34 heavy (non-hydrogen) atoms. The predicted molar refractivity (Wildman–Crippen MR) is 123 cm³/mol. The van der Waals surface area contributed by atoms with Crippen molar-refractivity contribution >= 4 is 28.6 Å². The van der Waals surface area contributed by atoms with Crippen molar-refractivity contribution in [3.8, 4) is 0 Å². The van der Waals surface area contributed by atoms with Crippen LogP contribution in [0.15, 0.2) is 77.9 Å². The van der Waals surface area contributed by atoms with Crippen molar-refractivity contribution in [2.24, 2.45) is 10.9 Å². The van der Waals surface area contributed by atoms with Crippen molar-refractivity contribution < 1.29 is 22.7 Å². The lowest BCUT2D eigenvalue weighted by Crippen LogP contribution is -2.47. The van der Waals surface area contributed by atoms with Gasteiger partial charge in [-0.3, -0.25) is 4.79 Å². The number of ether oxygens (including phenoxy) is 1. The third kappa shape index (κ3) is 4.19. The molecule has 0 fully saturated rings. The fraction of sp³-hybridized carbons (Fsp3) is 0.160. The predicted octanol–water partition coefficient (Wildman–Crippen LogP) is 4.91. The van der Waals surface area contributed by atoms with Gasteiger partial charge in [0.05, 0.1) is 6.20 Å². The summed E-state index contributed by atoms with van der Waals surface area (Å²) in [6, 6.07) is 14.8. The number of nitrogens with zero attached hydrogens (tertiary/aromatic N) is 2. The molecule has 0 saturated heterocycles. The van der Waals surface area contributed by atoms with Crippen LogP contribution in [-0.4, -0.2) is 28.4 Å². The SMILES string of the molecule is O=C(NC1=N[C@@]2(c3ccc(F)cc3F)COC(c3ccc(F)cn3)=C[C@H]2CS1)c1ccccc1. The second kappa shape index (κ2) is 8.98. The van der Waals surface area contributed by atoms with Gasteiger partial charge in [-0.25, -0.2) is 23.1 Å². The van der Waals surface area contributed by atoms with Crippen molar-refractivity contribution in [3.63, 3.8) is 0 Å². The molecule has 0 saturated carbocycles. The van der Waals surface area contributed by atoms with Crippen LogP contribution in [0.4, 0.5) is 13.2 Å². The first-order valence-electron chi connectivity index (χ1n) is 10.5. The average molecular weight is 481 g/mol. The maximum Gasteiger partial charge on any atom is 0.257 e. The van der Waals surface area contributed by atoms with E-state index in [0.29, 0.717) is 27.9 Å². The highest BCUT2D eigenvalue weighted by Crippen LogP contribution is 2.46. The Hall–Kier alpha value is -3.59. The van der Waals surface area contributed by atoms with Crippen molar-refractivity contribution in [1.82, 2.24) is 10.3 Å². The number of amidine groups is 1. The van der Waals surface area contributed by atoms with Gasteiger partial charge in [0.15, 0.2) is 5.17 Å². The number of carbonyl (C=O) groups excluding carboxylic acids is 1. The van der Waals surface area contributed by atoms with Crippen LogP contribution in [0.1, 0.15) is 21.6 Å². The average Bonchev–Trinajstić information content (AvgIpc) is 2.84. The molecule has 2 aliphatic heterocycles. The van der Waals surface area contributed by atoms with Gasteiger partial charge in [0, 0.05) is 28.9 Å². The second-order valence-electron chi connectivity index (χ2n) is 7.88. The Balaban J connectivity index is 1.54. The lowest BCUT2D eigenvalue weighted by Gasteiger charge is -2.42. The number of halogens is 3. The van der Waals surface area contributed by atoms with E-state index in [9.17, 15) is 18.0 Å². The summed E-state index contributed by atoms with van der Waals surface area (Å²) in [5.41, 5.74) is -0.176. The molecule has 172 valence electrons. The molecule has 1 aromatic heterocycles. The lowest BCUT2D eigenvalue weighted by atomic mass is 9.77. The zero-order chi connectivity index (χ0) is 23.7. The summed E-state index contributed by atoms with van der Waals surface area (Å²) in [5.74, 6) is -1.76. The number of hydrogen-bond acceptors (Lipinski definition) is 5. The molecule has 5 rings (SSSR count). The van der Waals surface area contributed by atoms with E-state index >= 15 is 0 Å². The van der Waals surface area contributed by atoms with Crippen molar-refractivity contribution in [2.75, 3.05) is 12.4 Å². The van der Waals surface area contributed by atoms with Gasteiger partial charge in [0.2, 0.25) is 0 Å². The van der Waals surface area contributed by atoms with Gasteiger partial charge in [0.25, 0.3) is 5.91 Å². The topological polar surface area (TPSA) is 63.6 Å². The van der Waals surface area contributed by atoms with E-state index in [-0.39, 0.29) is 24.0 Å². The summed E-state index contributed by atoms with van der Waals surface area (Å²) in [7, 11) is 0. The van der Waals surface area contributed by atoms with Crippen molar-refractivity contribution in [3.05, 3.63) is 107 Å². The summed E-state index contributed by atoms with van der Waals surface area (Å²) >= 11 is 1.31. The molecule has 2 aromatic carbocycles. The molecular weight excluding hydrogens is 463 g/mol. The van der Waals surface area contributed by atoms with Gasteiger partial charge >= 0.3 is 0 Å². The lowest BCUT2D eigenvalue weighted by molar-refractivity contribution is 0.0975. The number of nitrogens with one attached hydrogen (secondary N) is 1. The number of aliphatic imine (C=N–C) groups is 1. The minimum Gasteiger partial charge on any atom is -0.489 e. The molecule has 1 N–H and O–H groups in total. The number of rotatable bonds is 3. The number of aromatic nitrogens is 1. The monoisotopic (exact) mass is 481 g/mol. The number of hydrogen-bond donors (Lipinski definition) is 1. The third-order valence-electron chi connectivity index (χ3n) is 5.75. The van der Waals surface area contributed by atoms with Crippen molar-refractivity contribution in [1.29, 1.82) is 0 Å². The Bertz CT molecular complexity index is 1300. The molecule has 1 amide bonds. The maximum absolute atomic E-state index is 15.0. The standard InChI is InChI=1S/C25H18F3N3O2S/c26-17-6-8-19(20(28)11-17)25-14-33-22(21-9-7-18(27)12-29-21)10-16(25)13-34-24(31-25)30-23(32)15-4-2-1-3-5-15/h1-12,16H,13-14H2,(H,30,31,32)/t16-,25-/m0/s1. The number of thioether (sulfide) groups is 1. The second-order valence-corrected chi connectivity index (χ2v) is 8.89. The number of benzene rings is 2. The summed E-state index contributed by atoms with van der Waals surface area (Å²) in [4.78, 5) is 21.5. The first-order chi connectivity index (χ1) is 16.4. The van der Waals surface area contributed by atoms with Crippen LogP contribution in [0.25, 0.3) is 5.76 Å². The molecule has 3 aromatic rings. The fourth-order valence-electron chi connectivity index (χ4n) is 4.03. The van der Waals surface area contributed by atoms with Crippen LogP contribution < -0.4 is 5.32 Å². The Morgan fingerprint density at radius 3 is 2.59 bits per heavy atom. The number of pyridine rings is 1. The Labute approximate surface area is 197 Å². The molecule has 5 nitrogen and oxygen atoms in total. The molecule has 0 spiro atoms. The molecule has 2 atom stereocenters. The molecular formula is C25H18F3N3O2S. The van der Waals surface area contributed by atoms with Gasteiger partial charge < -0.3 is 10.1 Å². The van der Waals surface area contributed by atoms with E-state index in [4.69, 9.17) is 9.73 Å². The first kappa shape index (κ1) is 22.2. The van der Waals surface area contributed by atoms with E-state index < -0.39 is 23.0 Å². The molecule has 0 aliphatic carbocycles. The van der Waals surface area contributed by atoms with E-state index in [2.05, 4.69) is 10.3 Å². The van der Waals surface area contributed by atoms with Crippen molar-refractivity contribution in [2.45, 2.75) is 5.54 Å². The zero-order valence-electron chi connectivity index (χ0n) is 17.7. The summed E-state index contributed by atoms with van der Waals surface area (Å²) < 4.78 is 47.9. The Kier molecular flexibility index (Phi) is 5.87. The highest BCUT2D eigenvalue weighted by Gasteiger charge is 2.48. The van der Waals surface area contributed by atoms with Gasteiger partial charge in [-0.1, -0.05) is 36.0 Å².